The van der Waals surface area contributed by atoms with Crippen LogP contribution in [0.25, 0.3) is 0 Å². The minimum absolute atomic E-state index is 0.113. The first-order valence-corrected chi connectivity index (χ1v) is 9.66. The van der Waals surface area contributed by atoms with E-state index in [-0.39, 0.29) is 18.9 Å². The molecule has 0 spiro atoms. The van der Waals surface area contributed by atoms with Crippen LogP contribution in [0.15, 0.2) is 16.7 Å². The number of aryl methyl sites for hydroxylation is 2. The molecule has 0 aliphatic carbocycles. The lowest BCUT2D eigenvalue weighted by Crippen LogP contribution is -2.50. The number of carbonyl (C=O) groups excluding carboxylic acids is 2. The Morgan fingerprint density at radius 3 is 2.66 bits per heavy atom. The van der Waals surface area contributed by atoms with E-state index in [1.807, 2.05) is 14.1 Å². The number of urea groups is 1. The first-order chi connectivity index (χ1) is 13.8. The number of ether oxygens (including phenoxy) is 1. The number of rotatable bonds is 9. The molecule has 1 aromatic heterocycles. The summed E-state index contributed by atoms with van der Waals surface area (Å²) in [5.74, 6) is 0.390. The van der Waals surface area contributed by atoms with E-state index in [4.69, 9.17) is 9.26 Å². The molecule has 1 aromatic rings. The second-order valence-electron chi connectivity index (χ2n) is 7.31. The molecule has 0 bridgehead atoms. The molecule has 0 fully saturated rings. The number of carbonyl (C=O) groups is 2. The van der Waals surface area contributed by atoms with E-state index in [0.717, 1.165) is 13.0 Å². The molecule has 29 heavy (non-hydrogen) atoms. The van der Waals surface area contributed by atoms with Crippen LogP contribution in [0.4, 0.5) is 10.5 Å². The molecule has 3 atom stereocenters. The lowest BCUT2D eigenvalue weighted by molar-refractivity contribution is -0.125. The maximum absolute atomic E-state index is 12.3. The van der Waals surface area contributed by atoms with Gasteiger partial charge in [-0.25, -0.2) is 4.79 Å². The first kappa shape index (κ1) is 22.9. The smallest absolute Gasteiger partial charge is 0.319 e. The van der Waals surface area contributed by atoms with E-state index in [9.17, 15) is 14.7 Å². The van der Waals surface area contributed by atoms with E-state index in [2.05, 4.69) is 26.0 Å². The van der Waals surface area contributed by atoms with Crippen LogP contribution in [0.1, 0.15) is 24.3 Å². The molecule has 0 saturated heterocycles. The fourth-order valence-corrected chi connectivity index (χ4v) is 2.98. The third-order valence-corrected chi connectivity index (χ3v) is 4.52. The maximum atomic E-state index is 12.3. The number of aliphatic hydroxyl groups excluding tert-OH is 1. The molecule has 4 N–H and O–H groups in total. The van der Waals surface area contributed by atoms with Crippen molar-refractivity contribution in [3.63, 3.8) is 0 Å². The number of hydrogen-bond acceptors (Lipinski definition) is 7. The molecule has 10 nitrogen and oxygen atoms in total. The van der Waals surface area contributed by atoms with Crippen molar-refractivity contribution >= 4 is 17.6 Å². The topological polar surface area (TPSA) is 129 Å². The summed E-state index contributed by atoms with van der Waals surface area (Å²) in [4.78, 5) is 26.4. The van der Waals surface area contributed by atoms with Crippen LogP contribution in [0, 0.1) is 13.8 Å². The molecule has 0 unspecified atom stereocenters. The monoisotopic (exact) mass is 409 g/mol. The van der Waals surface area contributed by atoms with Gasteiger partial charge < -0.3 is 35.2 Å². The van der Waals surface area contributed by atoms with Gasteiger partial charge >= 0.3 is 6.03 Å². The Bertz CT molecular complexity index is 698. The molecule has 2 heterocycles. The average Bonchev–Trinajstić information content (AvgIpc) is 2.98. The predicted octanol–water partition coefficient (Wildman–Crippen LogP) is 0.555. The van der Waals surface area contributed by atoms with Gasteiger partial charge in [-0.15, -0.1) is 0 Å². The molecule has 1 aliphatic rings. The van der Waals surface area contributed by atoms with Crippen molar-refractivity contribution in [3.05, 3.63) is 23.6 Å². The highest BCUT2D eigenvalue weighted by Gasteiger charge is 2.29. The zero-order valence-electron chi connectivity index (χ0n) is 17.4. The van der Waals surface area contributed by atoms with E-state index in [1.54, 1.807) is 26.0 Å². The zero-order chi connectivity index (χ0) is 21.4. The number of nitrogens with one attached hydrogen (secondary N) is 3. The number of hydrogen-bond donors (Lipinski definition) is 4. The number of amides is 3. The number of nitrogens with zero attached hydrogens (tertiary/aromatic N) is 2. The van der Waals surface area contributed by atoms with Crippen LogP contribution in [0.5, 0.6) is 0 Å². The Kier molecular flexibility index (Phi) is 8.62. The molecule has 3 amide bonds. The Balaban J connectivity index is 1.83. The van der Waals surface area contributed by atoms with Gasteiger partial charge in [-0.1, -0.05) is 17.3 Å². The summed E-state index contributed by atoms with van der Waals surface area (Å²) in [7, 11) is 3.97. The molecule has 2 rings (SSSR count). The van der Waals surface area contributed by atoms with Gasteiger partial charge in [-0.2, -0.15) is 0 Å². The van der Waals surface area contributed by atoms with Crippen molar-refractivity contribution in [1.29, 1.82) is 0 Å². The average molecular weight is 409 g/mol. The predicted molar refractivity (Wildman–Crippen MR) is 108 cm³/mol. The number of aliphatic hydroxyl groups is 1. The van der Waals surface area contributed by atoms with Gasteiger partial charge in [-0.3, -0.25) is 4.79 Å². The van der Waals surface area contributed by atoms with Crippen molar-refractivity contribution in [1.82, 2.24) is 20.7 Å². The lowest BCUT2D eigenvalue weighted by Gasteiger charge is -2.31. The van der Waals surface area contributed by atoms with Crippen LogP contribution in [0.2, 0.25) is 0 Å². The van der Waals surface area contributed by atoms with Crippen molar-refractivity contribution in [2.45, 2.75) is 44.9 Å². The zero-order valence-corrected chi connectivity index (χ0v) is 17.4. The molecule has 162 valence electrons. The Hall–Kier alpha value is -2.43. The summed E-state index contributed by atoms with van der Waals surface area (Å²) in [6.07, 6.45) is 3.39. The minimum atomic E-state index is -0.651. The highest BCUT2D eigenvalue weighted by molar-refractivity contribution is 5.90. The third-order valence-electron chi connectivity index (χ3n) is 4.52. The molecule has 10 heteroatoms. The second-order valence-corrected chi connectivity index (χ2v) is 7.31. The third kappa shape index (κ3) is 7.15. The van der Waals surface area contributed by atoms with Gasteiger partial charge in [0, 0.05) is 6.54 Å². The molecule has 0 aromatic carbocycles. The fourth-order valence-electron chi connectivity index (χ4n) is 2.98. The minimum Gasteiger partial charge on any atom is -0.394 e. The summed E-state index contributed by atoms with van der Waals surface area (Å²) < 4.78 is 10.8. The highest BCUT2D eigenvalue weighted by Crippen LogP contribution is 2.19. The van der Waals surface area contributed by atoms with Crippen LogP contribution in [-0.2, 0) is 9.53 Å². The van der Waals surface area contributed by atoms with E-state index in [1.165, 1.54) is 0 Å². The summed E-state index contributed by atoms with van der Waals surface area (Å²) in [6.45, 7) is 4.63. The quantitative estimate of drug-likeness (QED) is 0.346. The summed E-state index contributed by atoms with van der Waals surface area (Å²) in [6, 6.07) is -0.993. The van der Waals surface area contributed by atoms with Gasteiger partial charge in [0.1, 0.15) is 17.5 Å². The molecule has 0 radical (unpaired) electrons. The Labute approximate surface area is 170 Å². The molecule has 0 saturated carbocycles. The maximum Gasteiger partial charge on any atom is 0.319 e. The normalized spacial score (nSPS) is 21.2. The number of anilines is 1. The Morgan fingerprint density at radius 1 is 1.28 bits per heavy atom. The highest BCUT2D eigenvalue weighted by atomic mass is 16.5. The van der Waals surface area contributed by atoms with Crippen molar-refractivity contribution in [2.24, 2.45) is 0 Å². The second kappa shape index (κ2) is 10.9. The van der Waals surface area contributed by atoms with Crippen LogP contribution >= 0.6 is 0 Å². The molecule has 1 aliphatic heterocycles. The van der Waals surface area contributed by atoms with Gasteiger partial charge in [0.25, 0.3) is 0 Å². The molecular weight excluding hydrogens is 378 g/mol. The van der Waals surface area contributed by atoms with Crippen molar-refractivity contribution < 1.29 is 24.0 Å². The van der Waals surface area contributed by atoms with Crippen LogP contribution in [-0.4, -0.2) is 79.1 Å². The van der Waals surface area contributed by atoms with E-state index in [0.29, 0.717) is 23.7 Å². The molecular formula is C19H31N5O5. The van der Waals surface area contributed by atoms with Gasteiger partial charge in [-0.05, 0) is 40.9 Å². The van der Waals surface area contributed by atoms with Crippen LogP contribution < -0.4 is 16.0 Å². The van der Waals surface area contributed by atoms with Gasteiger partial charge in [0.2, 0.25) is 5.91 Å². The van der Waals surface area contributed by atoms with Crippen molar-refractivity contribution in [3.8, 4) is 0 Å². The summed E-state index contributed by atoms with van der Waals surface area (Å²) >= 11 is 0. The largest absolute Gasteiger partial charge is 0.394 e. The summed E-state index contributed by atoms with van der Waals surface area (Å²) in [5.41, 5.74) is 1.08. The SMILES string of the molecule is Cc1noc(C)c1NC(=O)N[C@@H]1C=C[C@@H](CC(=O)NCCCN(C)C)O[C@H]1CO. The van der Waals surface area contributed by atoms with Gasteiger partial charge in [0.15, 0.2) is 5.76 Å². The van der Waals surface area contributed by atoms with Crippen molar-refractivity contribution in [2.75, 3.05) is 39.1 Å². The van der Waals surface area contributed by atoms with Crippen LogP contribution in [0.3, 0.4) is 0 Å². The Morgan fingerprint density at radius 2 is 2.03 bits per heavy atom. The summed E-state index contributed by atoms with van der Waals surface area (Å²) in [5, 5.41) is 21.7. The van der Waals surface area contributed by atoms with E-state index < -0.39 is 24.3 Å². The fraction of sp³-hybridized carbons (Fsp3) is 0.632. The first-order valence-electron chi connectivity index (χ1n) is 9.66. The van der Waals surface area contributed by atoms with E-state index >= 15 is 0 Å². The number of aromatic nitrogens is 1. The van der Waals surface area contributed by atoms with Gasteiger partial charge in [0.05, 0.1) is 25.2 Å². The lowest BCUT2D eigenvalue weighted by atomic mass is 10.0. The standard InChI is InChI=1S/C19H31N5O5/c1-12-18(13(2)29-23-12)22-19(27)21-15-7-6-14(28-16(15)11-25)10-17(26)20-8-5-9-24(3)4/h6-7,14-16,25H,5,8-11H2,1-4H3,(H,20,26)(H2,21,22,27)/t14-,15+,16-/m0/s1.